The number of thiophene rings is 1. The van der Waals surface area contributed by atoms with Crippen LogP contribution in [-0.2, 0) is 16.1 Å². The second kappa shape index (κ2) is 9.13. The minimum atomic E-state index is 0.0890. The average Bonchev–Trinajstić information content (AvgIpc) is 3.17. The van der Waals surface area contributed by atoms with Gasteiger partial charge < -0.3 is 10.1 Å². The molecule has 1 aromatic heterocycles. The van der Waals surface area contributed by atoms with Crippen LogP contribution in [0.2, 0.25) is 0 Å². The van der Waals surface area contributed by atoms with Crippen molar-refractivity contribution in [2.45, 2.75) is 19.4 Å². The monoisotopic (exact) mass is 358 g/mol. The first kappa shape index (κ1) is 18.1. The molecule has 25 heavy (non-hydrogen) atoms. The predicted octanol–water partition coefficient (Wildman–Crippen LogP) is 3.39. The lowest BCUT2D eigenvalue weighted by molar-refractivity contribution is -0.127. The van der Waals surface area contributed by atoms with E-state index < -0.39 is 0 Å². The number of likely N-dealkylation sites (tertiary alicyclic amines) is 1. The Balaban J connectivity index is 1.57. The number of carbonyl (C=O) groups excluding carboxylic acids is 1. The third kappa shape index (κ3) is 5.14. The lowest BCUT2D eigenvalue weighted by atomic mass is 9.96. The maximum absolute atomic E-state index is 12.3. The highest BCUT2D eigenvalue weighted by molar-refractivity contribution is 7.13. The molecule has 1 aliphatic heterocycles. The van der Waals surface area contributed by atoms with Gasteiger partial charge in [-0.15, -0.1) is 11.3 Å². The molecule has 5 heteroatoms. The van der Waals surface area contributed by atoms with Gasteiger partial charge in [0.2, 0.25) is 5.91 Å². The largest absolute Gasteiger partial charge is 0.383 e. The molecule has 1 fully saturated rings. The number of hydrogen-bond acceptors (Lipinski definition) is 4. The van der Waals surface area contributed by atoms with E-state index in [2.05, 4.69) is 52.0 Å². The number of nitrogens with zero attached hydrogens (tertiary/aromatic N) is 1. The Labute approximate surface area is 153 Å². The zero-order valence-corrected chi connectivity index (χ0v) is 15.6. The van der Waals surface area contributed by atoms with Gasteiger partial charge in [-0.3, -0.25) is 9.69 Å². The van der Waals surface area contributed by atoms with Crippen molar-refractivity contribution in [2.75, 3.05) is 33.4 Å². The van der Waals surface area contributed by atoms with E-state index >= 15 is 0 Å². The molecule has 0 bridgehead atoms. The molecule has 4 nitrogen and oxygen atoms in total. The highest BCUT2D eigenvalue weighted by Crippen LogP contribution is 2.26. The second-order valence-corrected chi connectivity index (χ2v) is 7.48. The van der Waals surface area contributed by atoms with Crippen molar-refractivity contribution in [2.24, 2.45) is 5.92 Å². The van der Waals surface area contributed by atoms with Crippen molar-refractivity contribution < 1.29 is 9.53 Å². The van der Waals surface area contributed by atoms with Gasteiger partial charge in [0.1, 0.15) is 0 Å². The Morgan fingerprint density at radius 1 is 1.36 bits per heavy atom. The van der Waals surface area contributed by atoms with Crippen molar-refractivity contribution in [1.82, 2.24) is 10.2 Å². The fraction of sp³-hybridized carbons (Fsp3) is 0.450. The standard InChI is InChI=1S/C20H26N2O2S/c1-24-11-9-21-20(23)18-7-3-10-22(15-18)14-16-5-2-6-17(13-16)19-8-4-12-25-19/h2,4-6,8,12-13,18H,3,7,9-11,14-15H2,1H3,(H,21,23). The average molecular weight is 359 g/mol. The second-order valence-electron chi connectivity index (χ2n) is 6.54. The molecule has 3 rings (SSSR count). The first-order chi connectivity index (χ1) is 12.3. The number of nitrogens with one attached hydrogen (secondary N) is 1. The molecule has 1 amide bonds. The molecule has 2 heterocycles. The number of methoxy groups -OCH3 is 1. The number of benzene rings is 1. The first-order valence-electron chi connectivity index (χ1n) is 8.88. The van der Waals surface area contributed by atoms with Crippen LogP contribution in [0.3, 0.4) is 0 Å². The van der Waals surface area contributed by atoms with Crippen LogP contribution in [0.15, 0.2) is 41.8 Å². The lowest BCUT2D eigenvalue weighted by Crippen LogP contribution is -2.43. The topological polar surface area (TPSA) is 41.6 Å². The van der Waals surface area contributed by atoms with Gasteiger partial charge in [0.05, 0.1) is 12.5 Å². The number of ether oxygens (including phenoxy) is 1. The van der Waals surface area contributed by atoms with Crippen LogP contribution in [0.5, 0.6) is 0 Å². The van der Waals surface area contributed by atoms with E-state index in [9.17, 15) is 4.79 Å². The molecule has 0 aliphatic carbocycles. The Kier molecular flexibility index (Phi) is 6.62. The number of hydrogen-bond donors (Lipinski definition) is 1. The summed E-state index contributed by atoms with van der Waals surface area (Å²) in [5.74, 6) is 0.250. The van der Waals surface area contributed by atoms with Crippen LogP contribution < -0.4 is 5.32 Å². The minimum Gasteiger partial charge on any atom is -0.383 e. The third-order valence-corrected chi connectivity index (χ3v) is 5.54. The molecule has 0 spiro atoms. The van der Waals surface area contributed by atoms with Crippen molar-refractivity contribution in [3.05, 3.63) is 47.3 Å². The highest BCUT2D eigenvalue weighted by atomic mass is 32.1. The number of carbonyl (C=O) groups is 1. The van der Waals surface area contributed by atoms with Crippen molar-refractivity contribution in [3.8, 4) is 10.4 Å². The maximum atomic E-state index is 12.3. The summed E-state index contributed by atoms with van der Waals surface area (Å²) < 4.78 is 5.00. The molecule has 1 saturated heterocycles. The fourth-order valence-electron chi connectivity index (χ4n) is 3.36. The van der Waals surface area contributed by atoms with E-state index in [-0.39, 0.29) is 11.8 Å². The quantitative estimate of drug-likeness (QED) is 0.772. The molecule has 0 radical (unpaired) electrons. The summed E-state index contributed by atoms with van der Waals surface area (Å²) in [4.78, 5) is 16.0. The summed E-state index contributed by atoms with van der Waals surface area (Å²) in [7, 11) is 1.65. The van der Waals surface area contributed by atoms with E-state index in [4.69, 9.17) is 4.74 Å². The van der Waals surface area contributed by atoms with Crippen molar-refractivity contribution in [1.29, 1.82) is 0 Å². The molecule has 2 aromatic rings. The summed E-state index contributed by atoms with van der Waals surface area (Å²) in [5.41, 5.74) is 2.59. The molecule has 1 aliphatic rings. The molecular formula is C20H26N2O2S. The van der Waals surface area contributed by atoms with E-state index in [1.807, 2.05) is 0 Å². The van der Waals surface area contributed by atoms with Crippen LogP contribution in [0.1, 0.15) is 18.4 Å². The van der Waals surface area contributed by atoms with Crippen LogP contribution in [0.25, 0.3) is 10.4 Å². The fourth-order valence-corrected chi connectivity index (χ4v) is 4.08. The molecule has 0 saturated carbocycles. The van der Waals surface area contributed by atoms with E-state index in [0.717, 1.165) is 32.5 Å². The van der Waals surface area contributed by atoms with Gasteiger partial charge in [0.15, 0.2) is 0 Å². The molecule has 1 aromatic carbocycles. The molecule has 134 valence electrons. The summed E-state index contributed by atoms with van der Waals surface area (Å²) in [6.07, 6.45) is 2.05. The number of amides is 1. The van der Waals surface area contributed by atoms with Gasteiger partial charge in [-0.2, -0.15) is 0 Å². The Hall–Kier alpha value is -1.69. The van der Waals surface area contributed by atoms with Gasteiger partial charge in [-0.1, -0.05) is 24.3 Å². The van der Waals surface area contributed by atoms with E-state index in [0.29, 0.717) is 13.2 Å². The van der Waals surface area contributed by atoms with Gasteiger partial charge in [0.25, 0.3) is 0 Å². The first-order valence-corrected chi connectivity index (χ1v) is 9.76. The lowest BCUT2D eigenvalue weighted by Gasteiger charge is -2.32. The van der Waals surface area contributed by atoms with Crippen LogP contribution in [0.4, 0.5) is 0 Å². The van der Waals surface area contributed by atoms with E-state index in [1.165, 1.54) is 16.0 Å². The molecular weight excluding hydrogens is 332 g/mol. The van der Waals surface area contributed by atoms with Gasteiger partial charge in [-0.25, -0.2) is 0 Å². The molecule has 1 unspecified atom stereocenters. The highest BCUT2D eigenvalue weighted by Gasteiger charge is 2.25. The normalized spacial score (nSPS) is 18.2. The van der Waals surface area contributed by atoms with Crippen molar-refractivity contribution in [3.63, 3.8) is 0 Å². The van der Waals surface area contributed by atoms with Crippen molar-refractivity contribution >= 4 is 17.2 Å². The summed E-state index contributed by atoms with van der Waals surface area (Å²) in [5, 5.41) is 5.09. The zero-order chi connectivity index (χ0) is 17.5. The Morgan fingerprint density at radius 3 is 3.08 bits per heavy atom. The van der Waals surface area contributed by atoms with Gasteiger partial charge in [0, 0.05) is 31.6 Å². The SMILES string of the molecule is COCCNC(=O)C1CCCN(Cc2cccc(-c3cccs3)c2)C1. The van der Waals surface area contributed by atoms with Gasteiger partial charge in [-0.05, 0) is 48.0 Å². The van der Waals surface area contributed by atoms with Gasteiger partial charge >= 0.3 is 0 Å². The minimum absolute atomic E-state index is 0.0890. The number of rotatable bonds is 7. The third-order valence-electron chi connectivity index (χ3n) is 4.62. The smallest absolute Gasteiger partial charge is 0.224 e. The van der Waals surface area contributed by atoms with E-state index in [1.54, 1.807) is 18.4 Å². The van der Waals surface area contributed by atoms with Crippen LogP contribution in [0, 0.1) is 5.92 Å². The number of piperidine rings is 1. The Bertz CT molecular complexity index is 672. The van der Waals surface area contributed by atoms with Crippen LogP contribution >= 0.6 is 11.3 Å². The summed E-state index contributed by atoms with van der Waals surface area (Å²) in [6, 6.07) is 13.0. The Morgan fingerprint density at radius 2 is 2.28 bits per heavy atom. The van der Waals surface area contributed by atoms with Crippen LogP contribution in [-0.4, -0.2) is 44.2 Å². The zero-order valence-electron chi connectivity index (χ0n) is 14.7. The molecule has 1 N–H and O–H groups in total. The maximum Gasteiger partial charge on any atom is 0.224 e. The predicted molar refractivity (Wildman–Crippen MR) is 103 cm³/mol. The summed E-state index contributed by atoms with van der Waals surface area (Å²) in [6.45, 7) is 3.96. The summed E-state index contributed by atoms with van der Waals surface area (Å²) >= 11 is 1.77. The molecule has 1 atom stereocenters.